The summed E-state index contributed by atoms with van der Waals surface area (Å²) >= 11 is 0. The van der Waals surface area contributed by atoms with Crippen LogP contribution >= 0.6 is 0 Å². The van der Waals surface area contributed by atoms with Crippen LogP contribution in [-0.2, 0) is 4.79 Å². The Morgan fingerprint density at radius 3 is 2.61 bits per heavy atom. The van der Waals surface area contributed by atoms with Gasteiger partial charge in [0.15, 0.2) is 0 Å². The van der Waals surface area contributed by atoms with Gasteiger partial charge in [0.2, 0.25) is 5.91 Å². The summed E-state index contributed by atoms with van der Waals surface area (Å²) in [6.07, 6.45) is 5.19. The van der Waals surface area contributed by atoms with Gasteiger partial charge in [0.05, 0.1) is 11.5 Å². The average molecular weight is 387 g/mol. The van der Waals surface area contributed by atoms with E-state index >= 15 is 0 Å². The molecule has 1 aliphatic carbocycles. The van der Waals surface area contributed by atoms with E-state index < -0.39 is 0 Å². The van der Waals surface area contributed by atoms with Crippen molar-refractivity contribution in [2.75, 3.05) is 19.6 Å². The third-order valence-electron chi connectivity index (χ3n) is 7.03. The molecule has 3 heterocycles. The van der Waals surface area contributed by atoms with Crippen molar-refractivity contribution in [2.24, 2.45) is 16.7 Å². The van der Waals surface area contributed by atoms with Gasteiger partial charge in [-0.1, -0.05) is 20.8 Å². The maximum absolute atomic E-state index is 13.4. The summed E-state index contributed by atoms with van der Waals surface area (Å²) in [6.45, 7) is 12.8. The third kappa shape index (κ3) is 3.48. The highest BCUT2D eigenvalue weighted by Gasteiger charge is 2.51. The Hall–Kier alpha value is -1.78. The van der Waals surface area contributed by atoms with Crippen LogP contribution in [0, 0.1) is 30.6 Å². The number of amides is 2. The molecule has 1 saturated carbocycles. The first kappa shape index (κ1) is 19.5. The SMILES string of the molecule is Cc1cc(C(=O)N2CCCC(C(=O)N3CC4(C)CC3CC(C)(C)C4)C2)c(C)o1. The summed E-state index contributed by atoms with van der Waals surface area (Å²) in [5.74, 6) is 1.62. The zero-order valence-electron chi connectivity index (χ0n) is 18.0. The lowest BCUT2D eigenvalue weighted by atomic mass is 9.65. The molecule has 2 saturated heterocycles. The summed E-state index contributed by atoms with van der Waals surface area (Å²) in [5.41, 5.74) is 1.19. The molecule has 154 valence electrons. The molecule has 2 aliphatic heterocycles. The van der Waals surface area contributed by atoms with Gasteiger partial charge in [-0.3, -0.25) is 9.59 Å². The molecular weight excluding hydrogens is 352 g/mol. The molecule has 3 atom stereocenters. The van der Waals surface area contributed by atoms with Crippen LogP contribution in [0.5, 0.6) is 0 Å². The Bertz CT molecular complexity index is 796. The van der Waals surface area contributed by atoms with Gasteiger partial charge in [0.25, 0.3) is 5.91 Å². The fourth-order valence-corrected chi connectivity index (χ4v) is 6.33. The first-order valence-corrected chi connectivity index (χ1v) is 10.7. The second-order valence-electron chi connectivity index (χ2n) is 10.6. The van der Waals surface area contributed by atoms with E-state index in [0.29, 0.717) is 29.3 Å². The summed E-state index contributed by atoms with van der Waals surface area (Å²) < 4.78 is 5.54. The monoisotopic (exact) mass is 386 g/mol. The van der Waals surface area contributed by atoms with E-state index in [9.17, 15) is 9.59 Å². The van der Waals surface area contributed by atoms with Gasteiger partial charge in [0.1, 0.15) is 11.5 Å². The molecule has 0 aromatic carbocycles. The Kier molecular flexibility index (Phi) is 4.63. The van der Waals surface area contributed by atoms with Crippen LogP contribution in [0.3, 0.4) is 0 Å². The van der Waals surface area contributed by atoms with Crippen LogP contribution < -0.4 is 0 Å². The van der Waals surface area contributed by atoms with E-state index in [4.69, 9.17) is 4.42 Å². The molecule has 0 N–H and O–H groups in total. The van der Waals surface area contributed by atoms with E-state index in [1.54, 1.807) is 0 Å². The van der Waals surface area contributed by atoms with Gasteiger partial charge >= 0.3 is 0 Å². The Labute approximate surface area is 168 Å². The third-order valence-corrected chi connectivity index (χ3v) is 7.03. The molecule has 0 spiro atoms. The molecule has 3 unspecified atom stereocenters. The van der Waals surface area contributed by atoms with Crippen LogP contribution in [0.15, 0.2) is 10.5 Å². The zero-order chi connectivity index (χ0) is 20.3. The average Bonchev–Trinajstić information content (AvgIpc) is 3.07. The van der Waals surface area contributed by atoms with E-state index in [1.807, 2.05) is 24.8 Å². The van der Waals surface area contributed by atoms with Gasteiger partial charge in [0, 0.05) is 25.7 Å². The number of hydrogen-bond donors (Lipinski definition) is 0. The number of furan rings is 1. The molecule has 3 aliphatic rings. The van der Waals surface area contributed by atoms with Crippen molar-refractivity contribution in [2.45, 2.75) is 72.8 Å². The number of fused-ring (bicyclic) bond motifs is 2. The van der Waals surface area contributed by atoms with Crippen LogP contribution in [0.4, 0.5) is 0 Å². The maximum Gasteiger partial charge on any atom is 0.257 e. The molecule has 1 aromatic rings. The quantitative estimate of drug-likeness (QED) is 0.766. The number of likely N-dealkylation sites (tertiary alicyclic amines) is 2. The summed E-state index contributed by atoms with van der Waals surface area (Å²) in [5, 5.41) is 0. The zero-order valence-corrected chi connectivity index (χ0v) is 18.0. The molecule has 4 rings (SSSR count). The molecule has 2 bridgehead atoms. The Balaban J connectivity index is 1.47. The summed E-state index contributed by atoms with van der Waals surface area (Å²) in [7, 11) is 0. The van der Waals surface area contributed by atoms with Gasteiger partial charge in [-0.25, -0.2) is 0 Å². The van der Waals surface area contributed by atoms with Crippen molar-refractivity contribution in [1.82, 2.24) is 9.80 Å². The standard InChI is InChI=1S/C23H34N2O3/c1-15-9-19(16(2)28-15)21(27)24-8-6-7-17(12-24)20(26)25-14-23(5)11-18(25)10-22(3,4)13-23/h9,17-18H,6-8,10-14H2,1-5H3. The predicted octanol–water partition coefficient (Wildman–Crippen LogP) is 4.18. The molecule has 5 heteroatoms. The van der Waals surface area contributed by atoms with Gasteiger partial charge in [-0.2, -0.15) is 0 Å². The molecular formula is C23H34N2O3. The lowest BCUT2D eigenvalue weighted by molar-refractivity contribution is -0.138. The summed E-state index contributed by atoms with van der Waals surface area (Å²) in [6, 6.07) is 2.18. The lowest BCUT2D eigenvalue weighted by Gasteiger charge is -2.40. The molecule has 5 nitrogen and oxygen atoms in total. The fourth-order valence-electron chi connectivity index (χ4n) is 6.33. The highest BCUT2D eigenvalue weighted by molar-refractivity contribution is 5.95. The highest BCUT2D eigenvalue weighted by atomic mass is 16.3. The minimum Gasteiger partial charge on any atom is -0.466 e. The van der Waals surface area contributed by atoms with Crippen molar-refractivity contribution in [3.05, 3.63) is 23.2 Å². The molecule has 0 radical (unpaired) electrons. The van der Waals surface area contributed by atoms with Crippen molar-refractivity contribution in [3.8, 4) is 0 Å². The number of carbonyl (C=O) groups excluding carboxylic acids is 2. The number of hydrogen-bond acceptors (Lipinski definition) is 3. The largest absolute Gasteiger partial charge is 0.466 e. The topological polar surface area (TPSA) is 53.8 Å². The van der Waals surface area contributed by atoms with Crippen LogP contribution in [0.2, 0.25) is 0 Å². The minimum absolute atomic E-state index is 0.000102. The second-order valence-corrected chi connectivity index (χ2v) is 10.6. The molecule has 1 aromatic heterocycles. The normalized spacial score (nSPS) is 31.9. The van der Waals surface area contributed by atoms with Gasteiger partial charge < -0.3 is 14.2 Å². The van der Waals surface area contributed by atoms with Crippen molar-refractivity contribution in [1.29, 1.82) is 0 Å². The van der Waals surface area contributed by atoms with Crippen molar-refractivity contribution >= 4 is 11.8 Å². The fraction of sp³-hybridized carbons (Fsp3) is 0.739. The number of piperidine rings is 1. The van der Waals surface area contributed by atoms with E-state index in [1.165, 1.54) is 6.42 Å². The molecule has 2 amide bonds. The lowest BCUT2D eigenvalue weighted by Crippen LogP contribution is -2.48. The second kappa shape index (κ2) is 6.64. The molecule has 28 heavy (non-hydrogen) atoms. The minimum atomic E-state index is -0.0722. The predicted molar refractivity (Wildman–Crippen MR) is 108 cm³/mol. The van der Waals surface area contributed by atoms with Crippen LogP contribution in [-0.4, -0.2) is 47.3 Å². The van der Waals surface area contributed by atoms with Crippen molar-refractivity contribution in [3.63, 3.8) is 0 Å². The van der Waals surface area contributed by atoms with E-state index in [2.05, 4.69) is 25.7 Å². The number of nitrogens with zero attached hydrogens (tertiary/aromatic N) is 2. The van der Waals surface area contributed by atoms with Crippen LogP contribution in [0.25, 0.3) is 0 Å². The van der Waals surface area contributed by atoms with E-state index in [-0.39, 0.29) is 23.1 Å². The number of rotatable bonds is 2. The number of aryl methyl sites for hydroxylation is 2. The van der Waals surface area contributed by atoms with Gasteiger partial charge in [-0.05, 0) is 62.8 Å². The number of carbonyl (C=O) groups is 2. The Morgan fingerprint density at radius 1 is 1.18 bits per heavy atom. The van der Waals surface area contributed by atoms with E-state index in [0.717, 1.165) is 44.5 Å². The maximum atomic E-state index is 13.4. The first-order chi connectivity index (χ1) is 13.1. The summed E-state index contributed by atoms with van der Waals surface area (Å²) in [4.78, 5) is 30.5. The van der Waals surface area contributed by atoms with Crippen LogP contribution in [0.1, 0.15) is 74.8 Å². The molecule has 3 fully saturated rings. The smallest absolute Gasteiger partial charge is 0.257 e. The van der Waals surface area contributed by atoms with Gasteiger partial charge in [-0.15, -0.1) is 0 Å². The highest BCUT2D eigenvalue weighted by Crippen LogP contribution is 2.52. The Morgan fingerprint density at radius 2 is 1.93 bits per heavy atom. The first-order valence-electron chi connectivity index (χ1n) is 10.7. The van der Waals surface area contributed by atoms with Crippen molar-refractivity contribution < 1.29 is 14.0 Å².